The molecule has 5 heteroatoms. The summed E-state index contributed by atoms with van der Waals surface area (Å²) in [5.74, 6) is 0.473. The van der Waals surface area contributed by atoms with E-state index in [2.05, 4.69) is 12.2 Å². The third kappa shape index (κ3) is 6.08. The minimum absolute atomic E-state index is 0.0655. The molecule has 106 valence electrons. The zero-order chi connectivity index (χ0) is 14.1. The van der Waals surface area contributed by atoms with E-state index in [4.69, 9.17) is 4.42 Å². The van der Waals surface area contributed by atoms with Gasteiger partial charge in [0, 0.05) is 13.5 Å². The Labute approximate surface area is 114 Å². The number of unbranched alkanes of at least 4 members (excludes halogenated alkanes) is 2. The maximum atomic E-state index is 11.7. The number of hydrogen-bond donors (Lipinski definition) is 1. The second-order valence-electron chi connectivity index (χ2n) is 4.50. The van der Waals surface area contributed by atoms with Crippen LogP contribution in [-0.4, -0.2) is 29.8 Å². The quantitative estimate of drug-likeness (QED) is 0.731. The van der Waals surface area contributed by atoms with E-state index in [-0.39, 0.29) is 18.4 Å². The Morgan fingerprint density at radius 1 is 1.37 bits per heavy atom. The highest BCUT2D eigenvalue weighted by Crippen LogP contribution is 2.00. The minimum atomic E-state index is -0.164. The van der Waals surface area contributed by atoms with Crippen LogP contribution in [0.25, 0.3) is 0 Å². The molecule has 0 fully saturated rings. The molecule has 0 unspecified atom stereocenters. The van der Waals surface area contributed by atoms with Crippen molar-refractivity contribution in [2.75, 3.05) is 13.1 Å². The molecule has 0 radical (unpaired) electrons. The van der Waals surface area contributed by atoms with Gasteiger partial charge in [0.2, 0.25) is 11.8 Å². The predicted molar refractivity (Wildman–Crippen MR) is 72.3 cm³/mol. The lowest BCUT2D eigenvalue weighted by Crippen LogP contribution is -2.39. The van der Waals surface area contributed by atoms with E-state index in [1.54, 1.807) is 23.3 Å². The van der Waals surface area contributed by atoms with E-state index in [9.17, 15) is 9.59 Å². The van der Waals surface area contributed by atoms with Gasteiger partial charge in [0.05, 0.1) is 19.4 Å². The second kappa shape index (κ2) is 8.34. The molecule has 5 nitrogen and oxygen atoms in total. The van der Waals surface area contributed by atoms with Crippen LogP contribution in [0.1, 0.15) is 38.9 Å². The van der Waals surface area contributed by atoms with Crippen molar-refractivity contribution in [2.45, 2.75) is 39.7 Å². The summed E-state index contributed by atoms with van der Waals surface area (Å²) in [6.45, 7) is 4.70. The van der Waals surface area contributed by atoms with Crippen molar-refractivity contribution in [3.8, 4) is 0 Å². The van der Waals surface area contributed by atoms with Gasteiger partial charge in [-0.15, -0.1) is 0 Å². The van der Waals surface area contributed by atoms with Crippen molar-refractivity contribution in [2.24, 2.45) is 0 Å². The Kier molecular flexibility index (Phi) is 6.71. The summed E-state index contributed by atoms with van der Waals surface area (Å²) in [5, 5.41) is 2.73. The standard InChI is InChI=1S/C14H22N2O3/c1-3-4-5-8-16(12(2)17)11-14(18)15-10-13-7-6-9-19-13/h6-7,9H,3-5,8,10-11H2,1-2H3,(H,15,18). The van der Waals surface area contributed by atoms with Crippen molar-refractivity contribution in [1.29, 1.82) is 0 Å². The summed E-state index contributed by atoms with van der Waals surface area (Å²) >= 11 is 0. The molecular weight excluding hydrogens is 244 g/mol. The molecule has 0 aliphatic heterocycles. The van der Waals surface area contributed by atoms with Crippen LogP contribution in [0.3, 0.4) is 0 Å². The van der Waals surface area contributed by atoms with Crippen LogP contribution in [0.2, 0.25) is 0 Å². The van der Waals surface area contributed by atoms with Gasteiger partial charge >= 0.3 is 0 Å². The van der Waals surface area contributed by atoms with Crippen molar-refractivity contribution in [3.05, 3.63) is 24.2 Å². The monoisotopic (exact) mass is 266 g/mol. The zero-order valence-corrected chi connectivity index (χ0v) is 11.6. The normalized spacial score (nSPS) is 10.2. The predicted octanol–water partition coefficient (Wildman–Crippen LogP) is 1.93. The SMILES string of the molecule is CCCCCN(CC(=O)NCc1ccco1)C(C)=O. The van der Waals surface area contributed by atoms with Crippen molar-refractivity contribution in [3.63, 3.8) is 0 Å². The third-order valence-electron chi connectivity index (χ3n) is 2.85. The van der Waals surface area contributed by atoms with Gasteiger partial charge < -0.3 is 14.6 Å². The number of amides is 2. The fraction of sp³-hybridized carbons (Fsp3) is 0.571. The number of furan rings is 1. The van der Waals surface area contributed by atoms with Gasteiger partial charge in [-0.3, -0.25) is 9.59 Å². The first-order valence-electron chi connectivity index (χ1n) is 6.68. The van der Waals surface area contributed by atoms with Crippen LogP contribution in [0.15, 0.2) is 22.8 Å². The zero-order valence-electron chi connectivity index (χ0n) is 11.6. The smallest absolute Gasteiger partial charge is 0.240 e. The third-order valence-corrected chi connectivity index (χ3v) is 2.85. The highest BCUT2D eigenvalue weighted by atomic mass is 16.3. The first-order valence-corrected chi connectivity index (χ1v) is 6.68. The molecule has 0 aliphatic carbocycles. The molecule has 0 saturated heterocycles. The van der Waals surface area contributed by atoms with E-state index in [0.717, 1.165) is 19.3 Å². The Bertz CT molecular complexity index is 387. The summed E-state index contributed by atoms with van der Waals surface area (Å²) < 4.78 is 5.12. The minimum Gasteiger partial charge on any atom is -0.467 e. The van der Waals surface area contributed by atoms with E-state index in [1.165, 1.54) is 6.92 Å². The van der Waals surface area contributed by atoms with Gasteiger partial charge in [-0.05, 0) is 18.6 Å². The van der Waals surface area contributed by atoms with Crippen LogP contribution in [0, 0.1) is 0 Å². The van der Waals surface area contributed by atoms with Crippen LogP contribution in [0.4, 0.5) is 0 Å². The molecule has 0 spiro atoms. The van der Waals surface area contributed by atoms with Crippen molar-refractivity contribution >= 4 is 11.8 Å². The number of hydrogen-bond acceptors (Lipinski definition) is 3. The van der Waals surface area contributed by atoms with Gasteiger partial charge in [-0.1, -0.05) is 19.8 Å². The highest BCUT2D eigenvalue weighted by Gasteiger charge is 2.13. The summed E-state index contributed by atoms with van der Waals surface area (Å²) in [6.07, 6.45) is 4.66. The van der Waals surface area contributed by atoms with E-state index in [1.807, 2.05) is 0 Å². The molecule has 1 rings (SSSR count). The average Bonchev–Trinajstić information content (AvgIpc) is 2.88. The number of carbonyl (C=O) groups excluding carboxylic acids is 2. The summed E-state index contributed by atoms with van der Waals surface area (Å²) in [6, 6.07) is 3.57. The number of carbonyl (C=O) groups is 2. The van der Waals surface area contributed by atoms with E-state index < -0.39 is 0 Å². The van der Waals surface area contributed by atoms with Crippen LogP contribution in [-0.2, 0) is 16.1 Å². The summed E-state index contributed by atoms with van der Waals surface area (Å²) in [5.41, 5.74) is 0. The molecular formula is C14H22N2O3. The van der Waals surface area contributed by atoms with Crippen molar-refractivity contribution in [1.82, 2.24) is 10.2 Å². The van der Waals surface area contributed by atoms with Crippen LogP contribution in [0.5, 0.6) is 0 Å². The molecule has 0 atom stereocenters. The maximum Gasteiger partial charge on any atom is 0.240 e. The lowest BCUT2D eigenvalue weighted by molar-refractivity contribution is -0.134. The Balaban J connectivity index is 2.32. The van der Waals surface area contributed by atoms with Gasteiger partial charge in [0.1, 0.15) is 5.76 Å². The molecule has 0 bridgehead atoms. The Morgan fingerprint density at radius 3 is 2.74 bits per heavy atom. The largest absolute Gasteiger partial charge is 0.467 e. The van der Waals surface area contributed by atoms with Crippen LogP contribution < -0.4 is 5.32 Å². The highest BCUT2D eigenvalue weighted by molar-refractivity contribution is 5.83. The van der Waals surface area contributed by atoms with Gasteiger partial charge in [0.15, 0.2) is 0 Å². The summed E-state index contributed by atoms with van der Waals surface area (Å²) in [7, 11) is 0. The number of nitrogens with one attached hydrogen (secondary N) is 1. The summed E-state index contributed by atoms with van der Waals surface area (Å²) in [4.78, 5) is 24.7. The molecule has 19 heavy (non-hydrogen) atoms. The molecule has 0 aromatic carbocycles. The molecule has 2 amide bonds. The van der Waals surface area contributed by atoms with Crippen LogP contribution >= 0.6 is 0 Å². The van der Waals surface area contributed by atoms with Gasteiger partial charge in [-0.25, -0.2) is 0 Å². The number of nitrogens with zero attached hydrogens (tertiary/aromatic N) is 1. The first-order chi connectivity index (χ1) is 9.13. The van der Waals surface area contributed by atoms with Crippen molar-refractivity contribution < 1.29 is 14.0 Å². The lowest BCUT2D eigenvalue weighted by atomic mass is 10.2. The Hall–Kier alpha value is -1.78. The van der Waals surface area contributed by atoms with Gasteiger partial charge in [-0.2, -0.15) is 0 Å². The average molecular weight is 266 g/mol. The molecule has 1 N–H and O–H groups in total. The van der Waals surface area contributed by atoms with Gasteiger partial charge in [0.25, 0.3) is 0 Å². The fourth-order valence-electron chi connectivity index (χ4n) is 1.73. The molecule has 0 saturated carbocycles. The maximum absolute atomic E-state index is 11.7. The van der Waals surface area contributed by atoms with E-state index >= 15 is 0 Å². The second-order valence-corrected chi connectivity index (χ2v) is 4.50. The molecule has 1 heterocycles. The van der Waals surface area contributed by atoms with E-state index in [0.29, 0.717) is 18.8 Å². The molecule has 1 aromatic rings. The fourth-order valence-corrected chi connectivity index (χ4v) is 1.73. The Morgan fingerprint density at radius 2 is 2.16 bits per heavy atom. The molecule has 1 aromatic heterocycles. The number of rotatable bonds is 8. The topological polar surface area (TPSA) is 62.6 Å². The first kappa shape index (κ1) is 15.3. The molecule has 0 aliphatic rings. The lowest BCUT2D eigenvalue weighted by Gasteiger charge is -2.20.